The maximum Gasteiger partial charge on any atom is 0.184 e. The van der Waals surface area contributed by atoms with Crippen LogP contribution in [0.5, 0.6) is 0 Å². The van der Waals surface area contributed by atoms with Crippen molar-refractivity contribution >= 4 is 0 Å². The van der Waals surface area contributed by atoms with Gasteiger partial charge in [0.05, 0.1) is 13.2 Å². The van der Waals surface area contributed by atoms with Crippen molar-refractivity contribution in [2.45, 2.75) is 30.7 Å². The Hall–Kier alpha value is -0.940. The number of ether oxygens (including phenoxy) is 4. The molecule has 3 aliphatic heterocycles. The summed E-state index contributed by atoms with van der Waals surface area (Å²) in [6.07, 6.45) is 0.213. The number of epoxide rings is 1. The lowest BCUT2D eigenvalue weighted by molar-refractivity contribution is -0.273. The minimum atomic E-state index is -0.288. The predicted molar refractivity (Wildman–Crippen MR) is 58.4 cm³/mol. The molecule has 4 nitrogen and oxygen atoms in total. The summed E-state index contributed by atoms with van der Waals surface area (Å²) in [5.41, 5.74) is 1.05. The normalized spacial score (nSPS) is 43.6. The van der Waals surface area contributed by atoms with E-state index in [0.717, 1.165) is 5.56 Å². The third-order valence-electron chi connectivity index (χ3n) is 3.55. The van der Waals surface area contributed by atoms with Crippen LogP contribution in [-0.4, -0.2) is 37.6 Å². The number of benzene rings is 1. The fraction of sp³-hybridized carbons (Fsp3) is 0.538. The smallest absolute Gasteiger partial charge is 0.184 e. The van der Waals surface area contributed by atoms with E-state index in [2.05, 4.69) is 0 Å². The third-order valence-corrected chi connectivity index (χ3v) is 3.55. The van der Waals surface area contributed by atoms with Gasteiger partial charge in [0, 0.05) is 5.56 Å². The van der Waals surface area contributed by atoms with Crippen molar-refractivity contribution in [3.05, 3.63) is 35.9 Å². The highest BCUT2D eigenvalue weighted by molar-refractivity contribution is 5.17. The molecule has 0 saturated carbocycles. The van der Waals surface area contributed by atoms with Gasteiger partial charge in [0.2, 0.25) is 0 Å². The van der Waals surface area contributed by atoms with E-state index in [1.54, 1.807) is 0 Å². The molecule has 3 saturated heterocycles. The van der Waals surface area contributed by atoms with Crippen LogP contribution in [0, 0.1) is 0 Å². The molecule has 0 radical (unpaired) electrons. The highest BCUT2D eigenvalue weighted by Crippen LogP contribution is 2.40. The van der Waals surface area contributed by atoms with Gasteiger partial charge in [-0.3, -0.25) is 0 Å². The Morgan fingerprint density at radius 1 is 0.824 bits per heavy atom. The van der Waals surface area contributed by atoms with E-state index in [0.29, 0.717) is 13.2 Å². The molecule has 0 amide bonds. The summed E-state index contributed by atoms with van der Waals surface area (Å²) in [7, 11) is 0. The van der Waals surface area contributed by atoms with Gasteiger partial charge in [-0.25, -0.2) is 0 Å². The zero-order valence-corrected chi connectivity index (χ0v) is 9.32. The first-order valence-corrected chi connectivity index (χ1v) is 6.01. The molecule has 1 aromatic rings. The van der Waals surface area contributed by atoms with Crippen molar-refractivity contribution in [2.24, 2.45) is 0 Å². The van der Waals surface area contributed by atoms with Gasteiger partial charge in [0.1, 0.15) is 24.4 Å². The molecule has 5 atom stereocenters. The third kappa shape index (κ3) is 1.68. The number of hydrogen-bond acceptors (Lipinski definition) is 4. The zero-order valence-electron chi connectivity index (χ0n) is 9.32. The second-order valence-electron chi connectivity index (χ2n) is 4.69. The Morgan fingerprint density at radius 3 is 2.47 bits per heavy atom. The van der Waals surface area contributed by atoms with Gasteiger partial charge in [0.25, 0.3) is 0 Å². The molecule has 1 aromatic carbocycles. The van der Waals surface area contributed by atoms with E-state index in [9.17, 15) is 0 Å². The second-order valence-corrected chi connectivity index (χ2v) is 4.69. The standard InChI is InChI=1S/C13H14O4/c1-2-4-8(5-3-1)13-15-6-9-11(17-13)12-10(16-12)7-14-9/h1-5,9-13H,6-7H2/t9-,10-,11-,12-,13?/m1/s1. The van der Waals surface area contributed by atoms with Gasteiger partial charge in [-0.2, -0.15) is 0 Å². The summed E-state index contributed by atoms with van der Waals surface area (Å²) in [5, 5.41) is 0. The number of fused-ring (bicyclic) bond motifs is 3. The van der Waals surface area contributed by atoms with E-state index in [1.807, 2.05) is 30.3 Å². The van der Waals surface area contributed by atoms with Crippen LogP contribution in [0.1, 0.15) is 11.9 Å². The van der Waals surface area contributed by atoms with Gasteiger partial charge in [-0.15, -0.1) is 0 Å². The summed E-state index contributed by atoms with van der Waals surface area (Å²) < 4.78 is 22.8. The van der Waals surface area contributed by atoms with Gasteiger partial charge >= 0.3 is 0 Å². The summed E-state index contributed by atoms with van der Waals surface area (Å²) in [5.74, 6) is 0. The van der Waals surface area contributed by atoms with Gasteiger partial charge in [-0.1, -0.05) is 30.3 Å². The fourth-order valence-corrected chi connectivity index (χ4v) is 2.56. The first-order valence-electron chi connectivity index (χ1n) is 6.01. The number of rotatable bonds is 1. The van der Waals surface area contributed by atoms with Crippen molar-refractivity contribution in [3.63, 3.8) is 0 Å². The van der Waals surface area contributed by atoms with Crippen molar-refractivity contribution in [1.82, 2.24) is 0 Å². The molecular weight excluding hydrogens is 220 g/mol. The summed E-state index contributed by atoms with van der Waals surface area (Å²) >= 11 is 0. The topological polar surface area (TPSA) is 40.2 Å². The maximum absolute atomic E-state index is 5.96. The van der Waals surface area contributed by atoms with Crippen LogP contribution in [0.3, 0.4) is 0 Å². The Balaban J connectivity index is 1.53. The Bertz CT molecular complexity index is 407. The van der Waals surface area contributed by atoms with Gasteiger partial charge in [-0.05, 0) is 0 Å². The zero-order chi connectivity index (χ0) is 11.2. The largest absolute Gasteiger partial charge is 0.370 e. The number of hydrogen-bond donors (Lipinski definition) is 0. The lowest BCUT2D eigenvalue weighted by atomic mass is 10.0. The molecule has 1 unspecified atom stereocenters. The molecule has 4 heteroatoms. The molecule has 0 N–H and O–H groups in total. The first kappa shape index (κ1) is 10.0. The Labute approximate surface area is 99.4 Å². The lowest BCUT2D eigenvalue weighted by Crippen LogP contribution is -2.49. The highest BCUT2D eigenvalue weighted by Gasteiger charge is 2.55. The monoisotopic (exact) mass is 234 g/mol. The molecule has 3 fully saturated rings. The molecule has 3 aliphatic rings. The van der Waals surface area contributed by atoms with Crippen molar-refractivity contribution in [2.75, 3.05) is 13.2 Å². The second kappa shape index (κ2) is 3.78. The predicted octanol–water partition coefficient (Wildman–Crippen LogP) is 1.27. The SMILES string of the molecule is c1ccc(C2OC[C@H]3OC[C@H]4O[C@H]4[C@@H]3O2)cc1. The maximum atomic E-state index is 5.96. The molecule has 0 aromatic heterocycles. The van der Waals surface area contributed by atoms with Gasteiger partial charge < -0.3 is 18.9 Å². The van der Waals surface area contributed by atoms with Crippen LogP contribution in [-0.2, 0) is 18.9 Å². The molecule has 0 spiro atoms. The highest BCUT2D eigenvalue weighted by atomic mass is 16.7. The van der Waals surface area contributed by atoms with Crippen molar-refractivity contribution in [3.8, 4) is 0 Å². The van der Waals surface area contributed by atoms with Crippen LogP contribution in [0.2, 0.25) is 0 Å². The van der Waals surface area contributed by atoms with Crippen molar-refractivity contribution < 1.29 is 18.9 Å². The van der Waals surface area contributed by atoms with E-state index in [4.69, 9.17) is 18.9 Å². The molecule has 0 bridgehead atoms. The fourth-order valence-electron chi connectivity index (χ4n) is 2.56. The van der Waals surface area contributed by atoms with Crippen LogP contribution >= 0.6 is 0 Å². The minimum absolute atomic E-state index is 0.0210. The van der Waals surface area contributed by atoms with Crippen molar-refractivity contribution in [1.29, 1.82) is 0 Å². The van der Waals surface area contributed by atoms with E-state index in [-0.39, 0.29) is 30.7 Å². The molecule has 0 aliphatic carbocycles. The Morgan fingerprint density at radius 2 is 1.59 bits per heavy atom. The molecule has 90 valence electrons. The van der Waals surface area contributed by atoms with Crippen LogP contribution in [0.25, 0.3) is 0 Å². The first-order chi connectivity index (χ1) is 8.42. The van der Waals surface area contributed by atoms with E-state index in [1.165, 1.54) is 0 Å². The van der Waals surface area contributed by atoms with Crippen LogP contribution in [0.15, 0.2) is 30.3 Å². The molecule has 4 rings (SSSR count). The molecular formula is C13H14O4. The summed E-state index contributed by atoms with van der Waals surface area (Å²) in [6, 6.07) is 9.99. The van der Waals surface area contributed by atoms with E-state index >= 15 is 0 Å². The van der Waals surface area contributed by atoms with Gasteiger partial charge in [0.15, 0.2) is 6.29 Å². The quantitative estimate of drug-likeness (QED) is 0.686. The van der Waals surface area contributed by atoms with E-state index < -0.39 is 0 Å². The summed E-state index contributed by atoms with van der Waals surface area (Å²) in [4.78, 5) is 0. The average molecular weight is 234 g/mol. The molecule has 17 heavy (non-hydrogen) atoms. The lowest BCUT2D eigenvalue weighted by Gasteiger charge is -2.37. The van der Waals surface area contributed by atoms with Crippen LogP contribution < -0.4 is 0 Å². The summed E-state index contributed by atoms with van der Waals surface area (Å²) in [6.45, 7) is 1.26. The minimum Gasteiger partial charge on any atom is -0.370 e. The molecule has 3 heterocycles. The Kier molecular flexibility index (Phi) is 2.23. The van der Waals surface area contributed by atoms with Crippen LogP contribution in [0.4, 0.5) is 0 Å². The average Bonchev–Trinajstić information content (AvgIpc) is 3.19.